The van der Waals surface area contributed by atoms with Gasteiger partial charge in [-0.05, 0) is 98.1 Å². The van der Waals surface area contributed by atoms with Gasteiger partial charge in [0.1, 0.15) is 0 Å². The van der Waals surface area contributed by atoms with Gasteiger partial charge in [-0.15, -0.1) is 0 Å². The number of nitrogens with zero attached hydrogens (tertiary/aromatic N) is 1. The molecule has 9 rings (SSSR count). The van der Waals surface area contributed by atoms with Crippen molar-refractivity contribution in [3.05, 3.63) is 234 Å². The van der Waals surface area contributed by atoms with Gasteiger partial charge in [0.15, 0.2) is 0 Å². The van der Waals surface area contributed by atoms with Crippen LogP contribution in [0.15, 0.2) is 212 Å². The van der Waals surface area contributed by atoms with Crippen LogP contribution in [-0.2, 0) is 5.41 Å². The summed E-state index contributed by atoms with van der Waals surface area (Å²) in [5.41, 5.74) is 7.95. The number of hydrogen-bond acceptors (Lipinski definition) is 1. The Hall–Kier alpha value is -6.44. The van der Waals surface area contributed by atoms with Crippen LogP contribution in [0.5, 0.6) is 0 Å². The molecule has 8 aromatic carbocycles. The SMILES string of the molecule is [2H]c1c([2H])c([2H])c(-c2cc(-c3c([2H])c([2H])c([2H])c([2H])c3[2H])cc(N(c3ccccc3)c3ccc4c(c3)C(c3ccccc3)(c3ccccc3)c3ccccc3-4)c2)c([2H])c1[2H]. The third-order valence-electron chi connectivity index (χ3n) is 9.47. The second-order valence-corrected chi connectivity index (χ2v) is 12.2. The van der Waals surface area contributed by atoms with E-state index >= 15 is 0 Å². The first-order valence-corrected chi connectivity index (χ1v) is 16.5. The summed E-state index contributed by atoms with van der Waals surface area (Å²) in [6, 6.07) is 45.2. The first-order valence-electron chi connectivity index (χ1n) is 21.5. The number of benzene rings is 8. The number of para-hydroxylation sites is 1. The summed E-state index contributed by atoms with van der Waals surface area (Å²) < 4.78 is 86.4. The fourth-order valence-corrected chi connectivity index (χ4v) is 7.41. The second kappa shape index (κ2) is 12.5. The highest BCUT2D eigenvalue weighted by Crippen LogP contribution is 2.57. The Morgan fingerprint density at radius 1 is 0.360 bits per heavy atom. The summed E-state index contributed by atoms with van der Waals surface area (Å²) in [6.07, 6.45) is 0. The Balaban J connectivity index is 1.38. The smallest absolute Gasteiger partial charge is 0.0714 e. The molecular weight excluding hydrogens is 603 g/mol. The van der Waals surface area contributed by atoms with Crippen molar-refractivity contribution < 1.29 is 13.7 Å². The van der Waals surface area contributed by atoms with Crippen molar-refractivity contribution in [2.45, 2.75) is 5.41 Å². The number of rotatable bonds is 7. The third kappa shape index (κ3) is 4.95. The molecule has 0 amide bonds. The van der Waals surface area contributed by atoms with Crippen LogP contribution in [-0.4, -0.2) is 0 Å². The summed E-state index contributed by atoms with van der Waals surface area (Å²) in [7, 11) is 0. The lowest BCUT2D eigenvalue weighted by molar-refractivity contribution is 0.768. The van der Waals surface area contributed by atoms with Crippen LogP contribution in [0.2, 0.25) is 0 Å². The second-order valence-electron chi connectivity index (χ2n) is 12.2. The van der Waals surface area contributed by atoms with E-state index in [9.17, 15) is 0 Å². The van der Waals surface area contributed by atoms with E-state index in [2.05, 4.69) is 54.6 Å². The summed E-state index contributed by atoms with van der Waals surface area (Å²) in [6.45, 7) is 0. The molecule has 8 aromatic rings. The zero-order valence-electron chi connectivity index (χ0n) is 36.9. The van der Waals surface area contributed by atoms with Gasteiger partial charge in [-0.3, -0.25) is 0 Å². The Morgan fingerprint density at radius 3 is 1.44 bits per heavy atom. The molecule has 0 aromatic heterocycles. The van der Waals surface area contributed by atoms with Gasteiger partial charge >= 0.3 is 0 Å². The molecule has 0 N–H and O–H groups in total. The van der Waals surface area contributed by atoms with Crippen LogP contribution in [0.3, 0.4) is 0 Å². The lowest BCUT2D eigenvalue weighted by atomic mass is 9.67. The van der Waals surface area contributed by atoms with E-state index in [4.69, 9.17) is 13.7 Å². The average molecular weight is 648 g/mol. The maximum absolute atomic E-state index is 8.94. The normalized spacial score (nSPS) is 15.4. The van der Waals surface area contributed by atoms with E-state index in [1.54, 1.807) is 12.1 Å². The fraction of sp³-hybridized carbons (Fsp3) is 0.0204. The van der Waals surface area contributed by atoms with Crippen molar-refractivity contribution in [3.63, 3.8) is 0 Å². The molecule has 0 radical (unpaired) electrons. The number of fused-ring (bicyclic) bond motifs is 3. The summed E-state index contributed by atoms with van der Waals surface area (Å²) in [5.74, 6) is 0. The minimum atomic E-state index is -0.722. The predicted octanol–water partition coefficient (Wildman–Crippen LogP) is 12.9. The molecule has 0 atom stereocenters. The maximum atomic E-state index is 8.94. The highest BCUT2D eigenvalue weighted by atomic mass is 15.1. The highest BCUT2D eigenvalue weighted by molar-refractivity contribution is 5.91. The minimum Gasteiger partial charge on any atom is -0.310 e. The molecule has 1 aliphatic rings. The van der Waals surface area contributed by atoms with E-state index in [1.165, 1.54) is 6.07 Å². The van der Waals surface area contributed by atoms with Gasteiger partial charge in [0, 0.05) is 17.1 Å². The molecule has 236 valence electrons. The van der Waals surface area contributed by atoms with Crippen molar-refractivity contribution >= 4 is 17.1 Å². The third-order valence-corrected chi connectivity index (χ3v) is 9.47. The number of hydrogen-bond donors (Lipinski definition) is 0. The molecule has 0 fully saturated rings. The molecule has 0 aliphatic heterocycles. The minimum absolute atomic E-state index is 0.0824. The molecule has 1 nitrogen and oxygen atoms in total. The molecule has 1 heteroatoms. The molecular formula is C49H35N. The zero-order valence-corrected chi connectivity index (χ0v) is 26.9. The van der Waals surface area contributed by atoms with Gasteiger partial charge in [-0.25, -0.2) is 0 Å². The van der Waals surface area contributed by atoms with Crippen LogP contribution in [0.1, 0.15) is 36.0 Å². The lowest BCUT2D eigenvalue weighted by Gasteiger charge is -2.35. The van der Waals surface area contributed by atoms with E-state index in [1.807, 2.05) is 83.8 Å². The predicted molar refractivity (Wildman–Crippen MR) is 209 cm³/mol. The molecule has 0 spiro atoms. The molecule has 0 unspecified atom stereocenters. The fourth-order valence-electron chi connectivity index (χ4n) is 7.41. The van der Waals surface area contributed by atoms with Crippen LogP contribution >= 0.6 is 0 Å². The molecule has 1 aliphatic carbocycles. The largest absolute Gasteiger partial charge is 0.310 e. The standard InChI is InChI=1S/C49H35N/c1-6-18-36(19-7-1)38-32-39(37-20-8-2-9-21-37)34-44(33-38)50(42-26-14-5-15-27-42)43-30-31-46-45-28-16-17-29-47(45)49(48(46)35-43,40-22-10-3-11-23-40)41-24-12-4-13-25-41/h1-35H/i1D,2D,6D,7D,8D,9D,18D,19D,20D,21D. The van der Waals surface area contributed by atoms with Crippen LogP contribution in [0, 0.1) is 0 Å². The molecule has 0 saturated carbocycles. The van der Waals surface area contributed by atoms with E-state index < -0.39 is 65.8 Å². The van der Waals surface area contributed by atoms with Crippen LogP contribution in [0.4, 0.5) is 17.1 Å². The Bertz CT molecular complexity index is 2800. The van der Waals surface area contributed by atoms with E-state index in [0.717, 1.165) is 44.8 Å². The van der Waals surface area contributed by atoms with Crippen LogP contribution in [0.25, 0.3) is 33.4 Å². The van der Waals surface area contributed by atoms with Crippen molar-refractivity contribution in [1.82, 2.24) is 0 Å². The zero-order chi connectivity index (χ0) is 42.0. The molecule has 0 saturated heterocycles. The van der Waals surface area contributed by atoms with Crippen molar-refractivity contribution in [1.29, 1.82) is 0 Å². The van der Waals surface area contributed by atoms with Crippen molar-refractivity contribution in [3.8, 4) is 33.4 Å². The van der Waals surface area contributed by atoms with Gasteiger partial charge in [-0.1, -0.05) is 170 Å². The quantitative estimate of drug-likeness (QED) is 0.166. The topological polar surface area (TPSA) is 3.24 Å². The van der Waals surface area contributed by atoms with Gasteiger partial charge in [0.05, 0.1) is 19.1 Å². The average Bonchev–Trinajstić information content (AvgIpc) is 3.58. The Labute approximate surface area is 308 Å². The van der Waals surface area contributed by atoms with Gasteiger partial charge in [0.2, 0.25) is 0 Å². The van der Waals surface area contributed by atoms with Gasteiger partial charge < -0.3 is 4.90 Å². The van der Waals surface area contributed by atoms with E-state index in [0.29, 0.717) is 5.69 Å². The molecule has 0 heterocycles. The highest BCUT2D eigenvalue weighted by Gasteiger charge is 2.46. The van der Waals surface area contributed by atoms with Gasteiger partial charge in [0.25, 0.3) is 0 Å². The summed E-state index contributed by atoms with van der Waals surface area (Å²) in [5, 5.41) is 0. The molecule has 0 bridgehead atoms. The lowest BCUT2D eigenvalue weighted by Crippen LogP contribution is -2.28. The monoisotopic (exact) mass is 647 g/mol. The molecule has 50 heavy (non-hydrogen) atoms. The summed E-state index contributed by atoms with van der Waals surface area (Å²) >= 11 is 0. The maximum Gasteiger partial charge on any atom is 0.0714 e. The van der Waals surface area contributed by atoms with E-state index in [-0.39, 0.29) is 22.3 Å². The van der Waals surface area contributed by atoms with Crippen LogP contribution < -0.4 is 4.90 Å². The number of anilines is 3. The Kier molecular flexibility index (Phi) is 5.22. The Morgan fingerprint density at radius 2 is 0.860 bits per heavy atom. The first-order chi connectivity index (χ1) is 28.9. The summed E-state index contributed by atoms with van der Waals surface area (Å²) in [4.78, 5) is 1.99. The van der Waals surface area contributed by atoms with Gasteiger partial charge in [-0.2, -0.15) is 0 Å². The first kappa shape index (κ1) is 20.8. The van der Waals surface area contributed by atoms with Crippen molar-refractivity contribution in [2.75, 3.05) is 4.90 Å². The van der Waals surface area contributed by atoms with Crippen molar-refractivity contribution in [2.24, 2.45) is 0 Å².